The number of nitrogens with zero attached hydrogens (tertiary/aromatic N) is 3. The van der Waals surface area contributed by atoms with Crippen LogP contribution >= 0.6 is 0 Å². The zero-order chi connectivity index (χ0) is 20.3. The first-order chi connectivity index (χ1) is 13.4. The van der Waals surface area contributed by atoms with E-state index in [1.807, 2.05) is 32.9 Å². The summed E-state index contributed by atoms with van der Waals surface area (Å²) < 4.78 is 0. The normalized spacial score (nSPS) is 10.2. The van der Waals surface area contributed by atoms with Crippen molar-refractivity contribution in [2.45, 2.75) is 27.7 Å². The Morgan fingerprint density at radius 1 is 0.964 bits per heavy atom. The summed E-state index contributed by atoms with van der Waals surface area (Å²) in [6, 6.07) is 14.8. The molecule has 140 valence electrons. The van der Waals surface area contributed by atoms with E-state index in [4.69, 9.17) is 5.26 Å². The number of hydrogen-bond acceptors (Lipinski definition) is 5. The van der Waals surface area contributed by atoms with Crippen LogP contribution in [0, 0.1) is 39.0 Å². The zero-order valence-electron chi connectivity index (χ0n) is 16.3. The first-order valence-electron chi connectivity index (χ1n) is 8.88. The van der Waals surface area contributed by atoms with Crippen molar-refractivity contribution in [1.29, 1.82) is 5.26 Å². The number of nitriles is 1. The van der Waals surface area contributed by atoms with Gasteiger partial charge in [-0.3, -0.25) is 4.79 Å². The molecule has 0 aliphatic rings. The number of hydrogen-bond donors (Lipinski definition) is 2. The highest BCUT2D eigenvalue weighted by atomic mass is 16.1. The van der Waals surface area contributed by atoms with Crippen LogP contribution in [0.4, 0.5) is 17.2 Å². The first-order valence-corrected chi connectivity index (χ1v) is 8.88. The summed E-state index contributed by atoms with van der Waals surface area (Å²) in [6.07, 6.45) is 0. The predicted molar refractivity (Wildman–Crippen MR) is 110 cm³/mol. The molecule has 6 heteroatoms. The maximum absolute atomic E-state index is 12.8. The number of amides is 1. The smallest absolute Gasteiger partial charge is 0.274 e. The lowest BCUT2D eigenvalue weighted by Gasteiger charge is -2.13. The second-order valence-electron chi connectivity index (χ2n) is 6.73. The molecule has 0 fully saturated rings. The van der Waals surface area contributed by atoms with Gasteiger partial charge in [0.05, 0.1) is 11.6 Å². The largest absolute Gasteiger partial charge is 0.340 e. The fraction of sp³-hybridized carbons (Fsp3) is 0.182. The van der Waals surface area contributed by atoms with Crippen LogP contribution < -0.4 is 10.6 Å². The molecule has 1 heterocycles. The maximum Gasteiger partial charge on any atom is 0.274 e. The van der Waals surface area contributed by atoms with E-state index in [-0.39, 0.29) is 11.6 Å². The molecular weight excluding hydrogens is 350 g/mol. The molecule has 0 spiro atoms. The zero-order valence-corrected chi connectivity index (χ0v) is 16.3. The summed E-state index contributed by atoms with van der Waals surface area (Å²) in [7, 11) is 0. The molecule has 6 nitrogen and oxygen atoms in total. The van der Waals surface area contributed by atoms with E-state index in [0.29, 0.717) is 17.2 Å². The average Bonchev–Trinajstić information content (AvgIpc) is 2.64. The number of carbonyl (C=O) groups excluding carboxylic acids is 1. The quantitative estimate of drug-likeness (QED) is 0.700. The van der Waals surface area contributed by atoms with Gasteiger partial charge in [0.1, 0.15) is 17.3 Å². The fourth-order valence-corrected chi connectivity index (χ4v) is 3.08. The number of rotatable bonds is 4. The summed E-state index contributed by atoms with van der Waals surface area (Å²) in [6.45, 7) is 7.71. The van der Waals surface area contributed by atoms with Crippen molar-refractivity contribution < 1.29 is 4.79 Å². The Balaban J connectivity index is 1.84. The van der Waals surface area contributed by atoms with Crippen molar-refractivity contribution in [3.63, 3.8) is 0 Å². The molecule has 0 aliphatic carbocycles. The van der Waals surface area contributed by atoms with Crippen LogP contribution in [0.2, 0.25) is 0 Å². The molecule has 0 atom stereocenters. The highest BCUT2D eigenvalue weighted by molar-refractivity contribution is 6.04. The van der Waals surface area contributed by atoms with Crippen molar-refractivity contribution in [3.8, 4) is 6.07 Å². The summed E-state index contributed by atoms with van der Waals surface area (Å²) in [5.41, 5.74) is 5.60. The minimum Gasteiger partial charge on any atom is -0.340 e. The van der Waals surface area contributed by atoms with Gasteiger partial charge >= 0.3 is 0 Å². The van der Waals surface area contributed by atoms with Crippen LogP contribution in [0.3, 0.4) is 0 Å². The van der Waals surface area contributed by atoms with Gasteiger partial charge in [0, 0.05) is 17.4 Å². The SMILES string of the molecule is Cc1cc(C)c(NC(=O)c2cc(Nc3ccc(C#N)cc3)nc(C)n2)c(C)c1. The molecule has 0 saturated carbocycles. The topological polar surface area (TPSA) is 90.7 Å². The second-order valence-corrected chi connectivity index (χ2v) is 6.73. The van der Waals surface area contributed by atoms with Crippen LogP contribution in [0.15, 0.2) is 42.5 Å². The van der Waals surface area contributed by atoms with Gasteiger partial charge in [0.25, 0.3) is 5.91 Å². The molecule has 2 N–H and O–H groups in total. The Bertz CT molecular complexity index is 1060. The Labute approximate surface area is 164 Å². The summed E-state index contributed by atoms with van der Waals surface area (Å²) in [5.74, 6) is 0.712. The van der Waals surface area contributed by atoms with Crippen molar-refractivity contribution in [2.24, 2.45) is 0 Å². The molecule has 2 aromatic carbocycles. The van der Waals surface area contributed by atoms with Crippen molar-refractivity contribution in [1.82, 2.24) is 9.97 Å². The summed E-state index contributed by atoms with van der Waals surface area (Å²) in [5, 5.41) is 15.0. The van der Waals surface area contributed by atoms with E-state index in [9.17, 15) is 4.79 Å². The highest BCUT2D eigenvalue weighted by Gasteiger charge is 2.14. The van der Waals surface area contributed by atoms with E-state index < -0.39 is 0 Å². The molecule has 0 aliphatic heterocycles. The van der Waals surface area contributed by atoms with Gasteiger partial charge in [-0.2, -0.15) is 5.26 Å². The third-order valence-electron chi connectivity index (χ3n) is 4.27. The first kappa shape index (κ1) is 19.1. The van der Waals surface area contributed by atoms with E-state index in [0.717, 1.165) is 28.1 Å². The minimum atomic E-state index is -0.288. The highest BCUT2D eigenvalue weighted by Crippen LogP contribution is 2.23. The molecule has 0 saturated heterocycles. The van der Waals surface area contributed by atoms with E-state index in [1.54, 1.807) is 37.3 Å². The van der Waals surface area contributed by atoms with Gasteiger partial charge in [-0.1, -0.05) is 17.7 Å². The number of nitrogens with one attached hydrogen (secondary N) is 2. The Morgan fingerprint density at radius 3 is 2.21 bits per heavy atom. The van der Waals surface area contributed by atoms with Gasteiger partial charge in [0.2, 0.25) is 0 Å². The standard InChI is InChI=1S/C22H21N5O/c1-13-9-14(2)21(15(3)10-13)27-22(28)19-11-20(25-16(4)24-19)26-18-7-5-17(12-23)6-8-18/h5-11H,1-4H3,(H,27,28)(H,24,25,26). The maximum atomic E-state index is 12.8. The van der Waals surface area contributed by atoms with E-state index in [2.05, 4.69) is 26.7 Å². The molecule has 0 unspecified atom stereocenters. The number of aryl methyl sites for hydroxylation is 4. The monoisotopic (exact) mass is 371 g/mol. The number of anilines is 3. The second kappa shape index (κ2) is 7.89. The molecule has 0 radical (unpaired) electrons. The molecule has 0 bridgehead atoms. The fourth-order valence-electron chi connectivity index (χ4n) is 3.08. The minimum absolute atomic E-state index is 0.281. The van der Waals surface area contributed by atoms with Gasteiger partial charge in [-0.05, 0) is 63.1 Å². The molecular formula is C22H21N5O. The summed E-state index contributed by atoms with van der Waals surface area (Å²) in [4.78, 5) is 21.4. The molecule has 3 aromatic rings. The predicted octanol–water partition coefficient (Wildman–Crippen LogP) is 4.58. The van der Waals surface area contributed by atoms with Crippen molar-refractivity contribution >= 4 is 23.1 Å². The lowest BCUT2D eigenvalue weighted by molar-refractivity contribution is 0.102. The number of carbonyl (C=O) groups is 1. The van der Waals surface area contributed by atoms with Crippen molar-refractivity contribution in [2.75, 3.05) is 10.6 Å². The van der Waals surface area contributed by atoms with E-state index >= 15 is 0 Å². The summed E-state index contributed by atoms with van der Waals surface area (Å²) >= 11 is 0. The Kier molecular flexibility index (Phi) is 5.37. The molecule has 1 amide bonds. The molecule has 28 heavy (non-hydrogen) atoms. The van der Waals surface area contributed by atoms with E-state index in [1.165, 1.54) is 0 Å². The Morgan fingerprint density at radius 2 is 1.61 bits per heavy atom. The average molecular weight is 371 g/mol. The van der Waals surface area contributed by atoms with Crippen LogP contribution in [-0.2, 0) is 0 Å². The molecule has 1 aromatic heterocycles. The third-order valence-corrected chi connectivity index (χ3v) is 4.27. The van der Waals surface area contributed by atoms with Gasteiger partial charge < -0.3 is 10.6 Å². The van der Waals surface area contributed by atoms with Gasteiger partial charge in [-0.25, -0.2) is 9.97 Å². The lowest BCUT2D eigenvalue weighted by Crippen LogP contribution is -2.17. The van der Waals surface area contributed by atoms with Crippen molar-refractivity contribution in [3.05, 3.63) is 76.2 Å². The van der Waals surface area contributed by atoms with Gasteiger partial charge in [0.15, 0.2) is 0 Å². The lowest BCUT2D eigenvalue weighted by atomic mass is 10.0. The van der Waals surface area contributed by atoms with Crippen LogP contribution in [0.5, 0.6) is 0 Å². The van der Waals surface area contributed by atoms with Crippen LogP contribution in [0.1, 0.15) is 38.6 Å². The van der Waals surface area contributed by atoms with Crippen LogP contribution in [0.25, 0.3) is 0 Å². The third kappa shape index (κ3) is 4.33. The number of benzene rings is 2. The molecule has 3 rings (SSSR count). The van der Waals surface area contributed by atoms with Gasteiger partial charge in [-0.15, -0.1) is 0 Å². The number of aromatic nitrogens is 2. The van der Waals surface area contributed by atoms with Crippen LogP contribution in [-0.4, -0.2) is 15.9 Å². The Hall–Kier alpha value is -3.72.